The SMILES string of the molecule is CC12CCC(O)CC13C=CC1(C(C(=O)c4cccc(C(F)(F)F)c4)=C3)C2CCC2(C)C1CCC2(O)CN1CCC(Cc2ccccc2)CC1. The van der Waals surface area contributed by atoms with Crippen LogP contribution in [0.5, 0.6) is 0 Å². The molecule has 3 saturated carbocycles. The Balaban J connectivity index is 1.12. The van der Waals surface area contributed by atoms with Crippen LogP contribution in [0.4, 0.5) is 13.2 Å². The standard InChI is InChI=1S/C42H50F3NO3/c1-37-16-11-32(47)25-39(37)19-20-41(33(26-39)36(48)30-9-6-10-31(24-30)42(43,44)45)34(37)12-17-38(2)35(41)13-18-40(38,49)27-46-21-14-29(15-22-46)23-28-7-4-3-5-8-28/h3-10,19-20,24,26,29,32,34-35,47,49H,11-18,21-23,25,27H2,1-2H3. The number of aliphatic hydroxyl groups excluding tert-OH is 1. The van der Waals surface area contributed by atoms with Crippen molar-refractivity contribution in [3.63, 3.8) is 0 Å². The minimum Gasteiger partial charge on any atom is -0.393 e. The molecule has 1 saturated heterocycles. The van der Waals surface area contributed by atoms with Crippen LogP contribution < -0.4 is 0 Å². The molecule has 2 spiro atoms. The number of carbonyl (C=O) groups excluding carboxylic acids is 1. The minimum absolute atomic E-state index is 0.0291. The summed E-state index contributed by atoms with van der Waals surface area (Å²) in [6.45, 7) is 7.08. The molecule has 1 aliphatic heterocycles. The lowest BCUT2D eigenvalue weighted by Crippen LogP contribution is -2.67. The van der Waals surface area contributed by atoms with Gasteiger partial charge in [0.1, 0.15) is 0 Å². The number of rotatable bonds is 6. The molecule has 262 valence electrons. The Morgan fingerprint density at radius 3 is 2.31 bits per heavy atom. The highest BCUT2D eigenvalue weighted by Gasteiger charge is 2.74. The number of β-amino-alcohol motifs (C(OH)–C–C–N with tert-alkyl or cyclic N) is 1. The molecule has 8 atom stereocenters. The Labute approximate surface area is 288 Å². The number of hydrogen-bond donors (Lipinski definition) is 2. The number of Topliss-reactive ketones (excluding diaryl/α,β-unsaturated/α-hetero) is 1. The first kappa shape index (κ1) is 33.4. The van der Waals surface area contributed by atoms with Crippen LogP contribution in [0.3, 0.4) is 0 Å². The van der Waals surface area contributed by atoms with E-state index in [1.165, 1.54) is 17.7 Å². The van der Waals surface area contributed by atoms with Gasteiger partial charge < -0.3 is 15.1 Å². The third-order valence-electron chi connectivity index (χ3n) is 15.0. The molecular weight excluding hydrogens is 623 g/mol. The second-order valence-electron chi connectivity index (χ2n) is 17.1. The number of hydrogen-bond acceptors (Lipinski definition) is 4. The number of alkyl halides is 3. The van der Waals surface area contributed by atoms with E-state index in [0.717, 1.165) is 70.2 Å². The van der Waals surface area contributed by atoms with Crippen LogP contribution in [-0.2, 0) is 12.6 Å². The van der Waals surface area contributed by atoms with E-state index in [-0.39, 0.29) is 28.6 Å². The lowest BCUT2D eigenvalue weighted by molar-refractivity contribution is -0.177. The number of aliphatic hydroxyl groups is 2. The molecule has 0 aromatic heterocycles. The fourth-order valence-corrected chi connectivity index (χ4v) is 12.3. The molecule has 6 aliphatic carbocycles. The molecule has 4 fully saturated rings. The zero-order valence-corrected chi connectivity index (χ0v) is 28.8. The van der Waals surface area contributed by atoms with Gasteiger partial charge in [-0.15, -0.1) is 0 Å². The first-order valence-corrected chi connectivity index (χ1v) is 18.6. The molecule has 49 heavy (non-hydrogen) atoms. The fourth-order valence-electron chi connectivity index (χ4n) is 12.3. The summed E-state index contributed by atoms with van der Waals surface area (Å²) in [7, 11) is 0. The fraction of sp³-hybridized carbons (Fsp3) is 0.595. The van der Waals surface area contributed by atoms with Gasteiger partial charge in [-0.3, -0.25) is 4.79 Å². The summed E-state index contributed by atoms with van der Waals surface area (Å²) >= 11 is 0. The normalized spacial score (nSPS) is 40.4. The highest BCUT2D eigenvalue weighted by molar-refractivity contribution is 6.10. The minimum atomic E-state index is -4.55. The van der Waals surface area contributed by atoms with Crippen molar-refractivity contribution in [2.45, 2.75) is 95.9 Å². The smallest absolute Gasteiger partial charge is 0.393 e. The van der Waals surface area contributed by atoms with E-state index in [1.54, 1.807) is 0 Å². The van der Waals surface area contributed by atoms with Crippen LogP contribution in [0.25, 0.3) is 0 Å². The molecule has 7 aliphatic rings. The van der Waals surface area contributed by atoms with E-state index in [2.05, 4.69) is 67.3 Å². The van der Waals surface area contributed by atoms with Gasteiger partial charge in [-0.25, -0.2) is 0 Å². The van der Waals surface area contributed by atoms with Crippen molar-refractivity contribution in [3.8, 4) is 0 Å². The highest BCUT2D eigenvalue weighted by atomic mass is 19.4. The van der Waals surface area contributed by atoms with E-state index in [9.17, 15) is 28.2 Å². The first-order valence-electron chi connectivity index (χ1n) is 18.6. The molecule has 2 bridgehead atoms. The van der Waals surface area contributed by atoms with Crippen LogP contribution >= 0.6 is 0 Å². The Hall–Kier alpha value is -2.74. The summed E-state index contributed by atoms with van der Waals surface area (Å²) in [6, 6.07) is 15.5. The zero-order chi connectivity index (χ0) is 34.5. The van der Waals surface area contributed by atoms with Crippen molar-refractivity contribution in [1.29, 1.82) is 0 Å². The van der Waals surface area contributed by atoms with Gasteiger partial charge >= 0.3 is 6.18 Å². The maximum absolute atomic E-state index is 14.7. The molecule has 2 aromatic carbocycles. The van der Waals surface area contributed by atoms with Crippen LogP contribution in [0, 0.1) is 39.4 Å². The monoisotopic (exact) mass is 673 g/mol. The van der Waals surface area contributed by atoms with Crippen molar-refractivity contribution in [2.75, 3.05) is 19.6 Å². The molecule has 0 amide bonds. The van der Waals surface area contributed by atoms with Crippen molar-refractivity contribution in [3.05, 3.63) is 95.1 Å². The second-order valence-corrected chi connectivity index (χ2v) is 17.1. The third-order valence-corrected chi connectivity index (χ3v) is 15.0. The maximum atomic E-state index is 14.7. The van der Waals surface area contributed by atoms with E-state index in [1.807, 2.05) is 0 Å². The third kappa shape index (κ3) is 4.92. The van der Waals surface area contributed by atoms with Gasteiger partial charge in [-0.05, 0) is 118 Å². The van der Waals surface area contributed by atoms with Crippen LogP contribution in [0.1, 0.15) is 93.1 Å². The number of likely N-dealkylation sites (tertiary alicyclic amines) is 1. The summed E-state index contributed by atoms with van der Waals surface area (Å²) in [5.74, 6) is 0.357. The average molecular weight is 674 g/mol. The van der Waals surface area contributed by atoms with Gasteiger partial charge in [0.25, 0.3) is 0 Å². The van der Waals surface area contributed by atoms with Gasteiger partial charge in [0.15, 0.2) is 5.78 Å². The first-order chi connectivity index (χ1) is 23.2. The number of allylic oxidation sites excluding steroid dienone is 4. The summed E-state index contributed by atoms with van der Waals surface area (Å²) in [4.78, 5) is 17.2. The van der Waals surface area contributed by atoms with Crippen molar-refractivity contribution < 1.29 is 28.2 Å². The Morgan fingerprint density at radius 1 is 0.878 bits per heavy atom. The quantitative estimate of drug-likeness (QED) is 0.239. The van der Waals surface area contributed by atoms with Crippen molar-refractivity contribution in [1.82, 2.24) is 4.90 Å². The Kier molecular flexibility index (Phi) is 7.76. The molecule has 4 nitrogen and oxygen atoms in total. The van der Waals surface area contributed by atoms with Crippen LogP contribution in [0.2, 0.25) is 0 Å². The Bertz CT molecular complexity index is 1680. The number of benzene rings is 2. The van der Waals surface area contributed by atoms with Crippen LogP contribution in [0.15, 0.2) is 78.4 Å². The van der Waals surface area contributed by atoms with Gasteiger partial charge in [0, 0.05) is 33.9 Å². The molecule has 9 rings (SSSR count). The molecule has 2 aromatic rings. The summed E-state index contributed by atoms with van der Waals surface area (Å²) < 4.78 is 41.5. The van der Waals surface area contributed by atoms with E-state index in [0.29, 0.717) is 37.3 Å². The lowest BCUT2D eigenvalue weighted by Gasteiger charge is -2.71. The predicted octanol–water partition coefficient (Wildman–Crippen LogP) is 8.43. The zero-order valence-electron chi connectivity index (χ0n) is 28.8. The summed E-state index contributed by atoms with van der Waals surface area (Å²) in [5, 5.41) is 23.7. The molecule has 0 radical (unpaired) electrons. The molecule has 2 N–H and O–H groups in total. The van der Waals surface area contributed by atoms with Crippen LogP contribution in [-0.4, -0.2) is 52.2 Å². The van der Waals surface area contributed by atoms with Crippen molar-refractivity contribution in [2.24, 2.45) is 39.4 Å². The summed E-state index contributed by atoms with van der Waals surface area (Å²) in [5.41, 5.74) is -1.61. The largest absolute Gasteiger partial charge is 0.416 e. The van der Waals surface area contributed by atoms with Gasteiger partial charge in [0.2, 0.25) is 0 Å². The topological polar surface area (TPSA) is 60.8 Å². The molecular formula is C42H50F3NO3. The number of fused-ring (bicyclic) bond motifs is 1. The molecule has 8 unspecified atom stereocenters. The number of halogens is 3. The number of piperidine rings is 1. The van der Waals surface area contributed by atoms with Crippen molar-refractivity contribution >= 4 is 5.78 Å². The number of ketones is 1. The van der Waals surface area contributed by atoms with E-state index >= 15 is 0 Å². The average Bonchev–Trinajstić information content (AvgIpc) is 3.35. The summed E-state index contributed by atoms with van der Waals surface area (Å²) in [6.07, 6.45) is 9.94. The maximum Gasteiger partial charge on any atom is 0.416 e. The molecule has 7 heteroatoms. The molecule has 1 heterocycles. The predicted molar refractivity (Wildman–Crippen MR) is 184 cm³/mol. The number of nitrogens with zero attached hydrogens (tertiary/aromatic N) is 1. The number of carbonyl (C=O) groups is 1. The van der Waals surface area contributed by atoms with E-state index in [4.69, 9.17) is 0 Å². The Morgan fingerprint density at radius 2 is 1.57 bits per heavy atom. The lowest BCUT2D eigenvalue weighted by atomic mass is 9.32. The van der Waals surface area contributed by atoms with Gasteiger partial charge in [-0.1, -0.05) is 74.5 Å². The van der Waals surface area contributed by atoms with Gasteiger partial charge in [0.05, 0.1) is 17.3 Å². The van der Waals surface area contributed by atoms with Gasteiger partial charge in [-0.2, -0.15) is 13.2 Å². The highest BCUT2D eigenvalue weighted by Crippen LogP contribution is 2.78. The van der Waals surface area contributed by atoms with E-state index < -0.39 is 39.7 Å². The second kappa shape index (κ2) is 11.4.